The Labute approximate surface area is 70.1 Å². The molecule has 1 rings (SSSR count). The summed E-state index contributed by atoms with van der Waals surface area (Å²) in [5, 5.41) is 0. The van der Waals surface area contributed by atoms with E-state index in [9.17, 15) is 4.79 Å². The molecule has 0 atom stereocenters. The Balaban J connectivity index is 3.16. The van der Waals surface area contributed by atoms with Crippen LogP contribution < -0.4 is 11.6 Å². The lowest BCUT2D eigenvalue weighted by Crippen LogP contribution is -2.12. The first-order valence-corrected chi connectivity index (χ1v) is 3.43. The first-order chi connectivity index (χ1) is 5.66. The monoisotopic (exact) mass is 166 g/mol. The van der Waals surface area contributed by atoms with Crippen molar-refractivity contribution in [3.05, 3.63) is 29.3 Å². The maximum Gasteiger partial charge on any atom is 0.358 e. The molecule has 0 saturated carbocycles. The molecule has 0 spiro atoms. The van der Waals surface area contributed by atoms with Crippen molar-refractivity contribution in [1.29, 1.82) is 0 Å². The van der Waals surface area contributed by atoms with Gasteiger partial charge in [-0.25, -0.2) is 4.79 Å². The van der Waals surface area contributed by atoms with Crippen molar-refractivity contribution in [2.24, 2.45) is 5.90 Å². The van der Waals surface area contributed by atoms with Gasteiger partial charge in [0.15, 0.2) is 0 Å². The molecule has 0 aliphatic carbocycles. The number of hydrogen-bond acceptors (Lipinski definition) is 4. The van der Waals surface area contributed by atoms with Crippen LogP contribution in [0.1, 0.15) is 15.9 Å². The summed E-state index contributed by atoms with van der Waals surface area (Å²) in [5.41, 5.74) is 7.15. The molecular formula is C8H10N2O2. The molecule has 0 bridgehead atoms. The minimum Gasteiger partial charge on any atom is -0.398 e. The molecule has 0 fully saturated rings. The highest BCUT2D eigenvalue weighted by molar-refractivity contribution is 5.95. The summed E-state index contributed by atoms with van der Waals surface area (Å²) < 4.78 is 0. The van der Waals surface area contributed by atoms with Crippen LogP contribution in [0, 0.1) is 6.92 Å². The third kappa shape index (κ3) is 1.38. The van der Waals surface area contributed by atoms with Crippen LogP contribution in [0.5, 0.6) is 0 Å². The summed E-state index contributed by atoms with van der Waals surface area (Å²) in [6, 6.07) is 5.10. The SMILES string of the molecule is Cc1cccc(C(=O)ON)c1N. The van der Waals surface area contributed by atoms with Crippen molar-refractivity contribution in [2.45, 2.75) is 6.92 Å². The number of hydrogen-bond donors (Lipinski definition) is 2. The molecule has 12 heavy (non-hydrogen) atoms. The maximum atomic E-state index is 11.0. The number of rotatable bonds is 1. The van der Waals surface area contributed by atoms with Crippen LogP contribution >= 0.6 is 0 Å². The molecule has 0 aliphatic heterocycles. The third-order valence-electron chi connectivity index (χ3n) is 1.65. The van der Waals surface area contributed by atoms with Gasteiger partial charge >= 0.3 is 5.97 Å². The molecule has 4 N–H and O–H groups in total. The van der Waals surface area contributed by atoms with Crippen LogP contribution in [0.25, 0.3) is 0 Å². The molecule has 0 aliphatic rings. The van der Waals surface area contributed by atoms with E-state index in [1.165, 1.54) is 0 Å². The first-order valence-electron chi connectivity index (χ1n) is 3.43. The van der Waals surface area contributed by atoms with Crippen LogP contribution in [-0.2, 0) is 4.84 Å². The zero-order valence-electron chi connectivity index (χ0n) is 6.70. The molecule has 0 amide bonds. The average molecular weight is 166 g/mol. The van der Waals surface area contributed by atoms with Gasteiger partial charge in [-0.05, 0) is 18.6 Å². The minimum absolute atomic E-state index is 0.303. The number of carbonyl (C=O) groups is 1. The van der Waals surface area contributed by atoms with Crippen molar-refractivity contribution in [3.63, 3.8) is 0 Å². The Morgan fingerprint density at radius 2 is 2.17 bits per heavy atom. The van der Waals surface area contributed by atoms with Crippen molar-refractivity contribution in [2.75, 3.05) is 5.73 Å². The minimum atomic E-state index is -0.615. The van der Waals surface area contributed by atoms with Crippen molar-refractivity contribution < 1.29 is 9.63 Å². The molecule has 0 unspecified atom stereocenters. The van der Waals surface area contributed by atoms with Gasteiger partial charge in [-0.15, -0.1) is 0 Å². The lowest BCUT2D eigenvalue weighted by Gasteiger charge is -2.04. The number of nitrogens with two attached hydrogens (primary N) is 2. The van der Waals surface area contributed by atoms with E-state index in [1.807, 2.05) is 13.0 Å². The highest BCUT2D eigenvalue weighted by Gasteiger charge is 2.10. The molecule has 1 aromatic carbocycles. The lowest BCUT2D eigenvalue weighted by atomic mass is 10.1. The van der Waals surface area contributed by atoms with Gasteiger partial charge in [0.05, 0.1) is 5.56 Å². The molecular weight excluding hydrogens is 156 g/mol. The molecule has 0 radical (unpaired) electrons. The summed E-state index contributed by atoms with van der Waals surface area (Å²) in [5.74, 6) is 4.10. The Kier molecular flexibility index (Phi) is 2.30. The van der Waals surface area contributed by atoms with Crippen molar-refractivity contribution in [3.8, 4) is 0 Å². The zero-order valence-corrected chi connectivity index (χ0v) is 6.70. The fourth-order valence-electron chi connectivity index (χ4n) is 0.922. The van der Waals surface area contributed by atoms with Gasteiger partial charge in [-0.3, -0.25) is 0 Å². The number of benzene rings is 1. The number of para-hydroxylation sites is 1. The molecule has 4 nitrogen and oxygen atoms in total. The summed E-state index contributed by atoms with van der Waals surface area (Å²) in [4.78, 5) is 15.0. The van der Waals surface area contributed by atoms with Gasteiger partial charge < -0.3 is 10.6 Å². The summed E-state index contributed by atoms with van der Waals surface area (Å²) in [6.07, 6.45) is 0. The second-order valence-corrected chi connectivity index (χ2v) is 2.44. The predicted octanol–water partition coefficient (Wildman–Crippen LogP) is 0.608. The van der Waals surface area contributed by atoms with Crippen molar-refractivity contribution in [1.82, 2.24) is 0 Å². The van der Waals surface area contributed by atoms with Gasteiger partial charge in [0.1, 0.15) is 0 Å². The molecule has 0 heterocycles. The second-order valence-electron chi connectivity index (χ2n) is 2.44. The Hall–Kier alpha value is -1.55. The van der Waals surface area contributed by atoms with E-state index in [-0.39, 0.29) is 0 Å². The van der Waals surface area contributed by atoms with Crippen LogP contribution in [0.3, 0.4) is 0 Å². The Bertz CT molecular complexity index is 310. The fraction of sp³-hybridized carbons (Fsp3) is 0.125. The topological polar surface area (TPSA) is 78.3 Å². The number of anilines is 1. The zero-order chi connectivity index (χ0) is 9.14. The average Bonchev–Trinajstić information content (AvgIpc) is 2.08. The normalized spacial score (nSPS) is 9.50. The fourth-order valence-corrected chi connectivity index (χ4v) is 0.922. The standard InChI is InChI=1S/C8H10N2O2/c1-5-3-2-4-6(7(5)9)8(11)12-10/h2-4H,9-10H2,1H3. The Morgan fingerprint density at radius 1 is 1.50 bits per heavy atom. The van der Waals surface area contributed by atoms with Crippen LogP contribution in [-0.4, -0.2) is 5.97 Å². The Morgan fingerprint density at radius 3 is 2.75 bits per heavy atom. The number of carbonyl (C=O) groups excluding carboxylic acids is 1. The molecule has 4 heteroatoms. The van der Waals surface area contributed by atoms with Crippen molar-refractivity contribution >= 4 is 11.7 Å². The van der Waals surface area contributed by atoms with Gasteiger partial charge in [-0.2, -0.15) is 5.90 Å². The lowest BCUT2D eigenvalue weighted by molar-refractivity contribution is 0.0504. The van der Waals surface area contributed by atoms with E-state index < -0.39 is 5.97 Å². The van der Waals surface area contributed by atoms with Crippen LogP contribution in [0.2, 0.25) is 0 Å². The predicted molar refractivity (Wildman–Crippen MR) is 45.2 cm³/mol. The molecule has 0 saturated heterocycles. The molecule has 64 valence electrons. The van der Waals surface area contributed by atoms with Gasteiger partial charge in [0.2, 0.25) is 0 Å². The number of aryl methyl sites for hydroxylation is 1. The first kappa shape index (κ1) is 8.55. The maximum absolute atomic E-state index is 11.0. The molecule has 0 aromatic heterocycles. The van der Waals surface area contributed by atoms with Crippen LogP contribution in [0.4, 0.5) is 5.69 Å². The highest BCUT2D eigenvalue weighted by atomic mass is 16.7. The summed E-state index contributed by atoms with van der Waals surface area (Å²) in [7, 11) is 0. The smallest absolute Gasteiger partial charge is 0.358 e. The van der Waals surface area contributed by atoms with E-state index in [2.05, 4.69) is 4.84 Å². The summed E-state index contributed by atoms with van der Waals surface area (Å²) >= 11 is 0. The van der Waals surface area contributed by atoms with E-state index in [0.29, 0.717) is 11.3 Å². The highest BCUT2D eigenvalue weighted by Crippen LogP contribution is 2.16. The van der Waals surface area contributed by atoms with Gasteiger partial charge in [0.25, 0.3) is 0 Å². The van der Waals surface area contributed by atoms with Crippen LogP contribution in [0.15, 0.2) is 18.2 Å². The quantitative estimate of drug-likeness (QED) is 0.473. The number of nitrogen functional groups attached to an aromatic ring is 1. The largest absolute Gasteiger partial charge is 0.398 e. The third-order valence-corrected chi connectivity index (χ3v) is 1.65. The van der Waals surface area contributed by atoms with Gasteiger partial charge in [-0.1, -0.05) is 12.1 Å². The van der Waals surface area contributed by atoms with E-state index in [0.717, 1.165) is 5.56 Å². The summed E-state index contributed by atoms with van der Waals surface area (Å²) in [6.45, 7) is 1.81. The van der Waals surface area contributed by atoms with Gasteiger partial charge in [0, 0.05) is 5.69 Å². The molecule has 1 aromatic rings. The van der Waals surface area contributed by atoms with E-state index in [1.54, 1.807) is 12.1 Å². The van der Waals surface area contributed by atoms with E-state index in [4.69, 9.17) is 11.6 Å². The second kappa shape index (κ2) is 3.23. The van der Waals surface area contributed by atoms with E-state index >= 15 is 0 Å².